The highest BCUT2D eigenvalue weighted by atomic mass is 35.5. The summed E-state index contributed by atoms with van der Waals surface area (Å²) < 4.78 is 4.89. The topological polar surface area (TPSA) is 69.1 Å². The van der Waals surface area contributed by atoms with E-state index in [9.17, 15) is 4.79 Å². The molecule has 2 rings (SSSR count). The molecule has 0 spiro atoms. The summed E-state index contributed by atoms with van der Waals surface area (Å²) in [6.07, 6.45) is 3.00. The fourth-order valence-corrected chi connectivity index (χ4v) is 1.58. The van der Waals surface area contributed by atoms with E-state index >= 15 is 0 Å². The smallest absolute Gasteiger partial charge is 0.342 e. The molecule has 2 heterocycles. The first-order valence-corrected chi connectivity index (χ1v) is 4.82. The molecule has 5 nitrogen and oxygen atoms in total. The second-order valence-electron chi connectivity index (χ2n) is 2.87. The minimum absolute atomic E-state index is 0.271. The Kier molecular flexibility index (Phi) is 2.55. The molecule has 6 heteroatoms. The predicted octanol–water partition coefficient (Wildman–Crippen LogP) is 1.21. The lowest BCUT2D eigenvalue weighted by Gasteiger charge is -1.97. The number of nitrogens with one attached hydrogen (secondary N) is 2. The van der Waals surface area contributed by atoms with Crippen molar-refractivity contribution in [3.8, 4) is 0 Å². The van der Waals surface area contributed by atoms with E-state index in [0.717, 1.165) is 0 Å². The highest BCUT2D eigenvalue weighted by Crippen LogP contribution is 2.21. The van der Waals surface area contributed by atoms with Crippen LogP contribution < -0.4 is 4.98 Å². The molecule has 0 aliphatic rings. The van der Waals surface area contributed by atoms with E-state index < -0.39 is 5.97 Å². The van der Waals surface area contributed by atoms with Crippen molar-refractivity contribution in [2.75, 3.05) is 6.61 Å². The molecule has 0 radical (unpaired) electrons. The van der Waals surface area contributed by atoms with E-state index in [-0.39, 0.29) is 5.15 Å². The normalized spacial score (nSPS) is 10.5. The number of hydrogen-bond acceptors (Lipinski definition) is 3. The number of carbonyl (C=O) groups is 1. The van der Waals surface area contributed by atoms with E-state index in [1.54, 1.807) is 13.1 Å². The lowest BCUT2D eigenvalue weighted by Crippen LogP contribution is -2.07. The molecule has 2 N–H and O–H groups in total. The van der Waals surface area contributed by atoms with Crippen LogP contribution in [0.4, 0.5) is 0 Å². The Bertz CT molecular complexity index is 509. The van der Waals surface area contributed by atoms with Gasteiger partial charge in [-0.3, -0.25) is 4.98 Å². The van der Waals surface area contributed by atoms with Crippen molar-refractivity contribution >= 4 is 28.6 Å². The molecule has 0 amide bonds. The number of hydrogen-bond donors (Lipinski definition) is 1. The first-order chi connectivity index (χ1) is 7.24. The zero-order chi connectivity index (χ0) is 10.8. The number of ether oxygens (including phenoxy) is 1. The van der Waals surface area contributed by atoms with Crippen molar-refractivity contribution in [3.05, 3.63) is 23.2 Å². The number of esters is 1. The second-order valence-corrected chi connectivity index (χ2v) is 3.22. The Morgan fingerprint density at radius 1 is 1.73 bits per heavy atom. The van der Waals surface area contributed by atoms with Crippen LogP contribution in [0.15, 0.2) is 12.5 Å². The van der Waals surface area contributed by atoms with Crippen molar-refractivity contribution < 1.29 is 14.5 Å². The van der Waals surface area contributed by atoms with E-state index in [1.807, 2.05) is 0 Å². The standard InChI is InChI=1S/C9H8ClN3O2/c1-2-15-9(14)5-3-11-8-6(5)7(10)12-4-13-8/h3-4H,2H2,1H3,(H,11,12,13)/p+1. The van der Waals surface area contributed by atoms with Crippen LogP contribution in [-0.4, -0.2) is 22.5 Å². The maximum absolute atomic E-state index is 11.5. The number of aromatic amines is 2. The molecule has 0 aromatic carbocycles. The van der Waals surface area contributed by atoms with E-state index in [2.05, 4.69) is 15.0 Å². The van der Waals surface area contributed by atoms with Crippen LogP contribution in [0.3, 0.4) is 0 Å². The number of fused-ring (bicyclic) bond motifs is 1. The van der Waals surface area contributed by atoms with E-state index in [1.165, 1.54) is 6.33 Å². The minimum atomic E-state index is -0.410. The van der Waals surface area contributed by atoms with E-state index in [4.69, 9.17) is 16.3 Å². The first-order valence-electron chi connectivity index (χ1n) is 4.44. The van der Waals surface area contributed by atoms with Gasteiger partial charge in [-0.1, -0.05) is 4.98 Å². The van der Waals surface area contributed by atoms with Gasteiger partial charge in [0.1, 0.15) is 10.9 Å². The van der Waals surface area contributed by atoms with Gasteiger partial charge < -0.3 is 4.74 Å². The zero-order valence-electron chi connectivity index (χ0n) is 8.00. The molecule has 0 bridgehead atoms. The van der Waals surface area contributed by atoms with Crippen LogP contribution in [0.1, 0.15) is 17.3 Å². The molecule has 0 atom stereocenters. The Labute approximate surface area is 90.4 Å². The summed E-state index contributed by atoms with van der Waals surface area (Å²) in [6, 6.07) is 0. The lowest BCUT2D eigenvalue weighted by atomic mass is 10.2. The summed E-state index contributed by atoms with van der Waals surface area (Å²) in [5.74, 6) is -0.410. The molecule has 2 aromatic heterocycles. The minimum Gasteiger partial charge on any atom is -0.462 e. The Morgan fingerprint density at radius 3 is 3.27 bits per heavy atom. The first kappa shape index (κ1) is 9.92. The second kappa shape index (κ2) is 3.86. The average molecular weight is 227 g/mol. The third-order valence-electron chi connectivity index (χ3n) is 1.97. The molecule has 2 aromatic rings. The number of carbonyl (C=O) groups excluding carboxylic acids is 1. The Morgan fingerprint density at radius 2 is 2.53 bits per heavy atom. The van der Waals surface area contributed by atoms with Gasteiger partial charge in [0.2, 0.25) is 17.1 Å². The molecular formula is C9H9ClN3O2+. The number of H-pyrrole nitrogens is 2. The van der Waals surface area contributed by atoms with Crippen molar-refractivity contribution in [1.29, 1.82) is 0 Å². The van der Waals surface area contributed by atoms with Gasteiger partial charge in [-0.15, -0.1) is 0 Å². The van der Waals surface area contributed by atoms with Crippen LogP contribution in [0.5, 0.6) is 0 Å². The summed E-state index contributed by atoms with van der Waals surface area (Å²) in [5, 5.41) is 0.825. The molecule has 0 aliphatic heterocycles. The van der Waals surface area contributed by atoms with Crippen LogP contribution in [0, 0.1) is 0 Å². The van der Waals surface area contributed by atoms with Crippen LogP contribution in [0.2, 0.25) is 5.15 Å². The molecule has 0 unspecified atom stereocenters. The monoisotopic (exact) mass is 226 g/mol. The summed E-state index contributed by atoms with van der Waals surface area (Å²) in [5.41, 5.74) is 1.04. The van der Waals surface area contributed by atoms with Crippen molar-refractivity contribution in [2.24, 2.45) is 0 Å². The maximum Gasteiger partial charge on any atom is 0.342 e. The molecule has 0 aliphatic carbocycles. The molecule has 78 valence electrons. The summed E-state index contributed by atoms with van der Waals surface area (Å²) >= 11 is 5.89. The third kappa shape index (κ3) is 1.66. The summed E-state index contributed by atoms with van der Waals surface area (Å²) in [6.45, 7) is 2.08. The van der Waals surface area contributed by atoms with Crippen molar-refractivity contribution in [3.63, 3.8) is 0 Å². The molecule has 0 saturated carbocycles. The quantitative estimate of drug-likeness (QED) is 0.618. The largest absolute Gasteiger partial charge is 0.462 e. The number of halogens is 1. The average Bonchev–Trinajstić information content (AvgIpc) is 2.63. The molecule has 0 fully saturated rings. The lowest BCUT2D eigenvalue weighted by molar-refractivity contribution is -0.352. The van der Waals surface area contributed by atoms with E-state index in [0.29, 0.717) is 23.2 Å². The summed E-state index contributed by atoms with van der Waals surface area (Å²) in [4.78, 5) is 21.1. The van der Waals surface area contributed by atoms with Crippen molar-refractivity contribution in [1.82, 2.24) is 9.97 Å². The van der Waals surface area contributed by atoms with Gasteiger partial charge in [-0.25, -0.2) is 9.78 Å². The van der Waals surface area contributed by atoms with Gasteiger partial charge in [0, 0.05) is 0 Å². The van der Waals surface area contributed by atoms with Gasteiger partial charge in [0.15, 0.2) is 0 Å². The number of nitrogens with zero attached hydrogens (tertiary/aromatic N) is 1. The highest BCUT2D eigenvalue weighted by molar-refractivity contribution is 6.35. The zero-order valence-corrected chi connectivity index (χ0v) is 8.76. The fourth-order valence-electron chi connectivity index (χ4n) is 1.34. The predicted molar refractivity (Wildman–Crippen MR) is 53.6 cm³/mol. The number of rotatable bonds is 2. The van der Waals surface area contributed by atoms with Gasteiger partial charge in [-0.2, -0.15) is 0 Å². The van der Waals surface area contributed by atoms with Crippen LogP contribution in [0.25, 0.3) is 11.0 Å². The highest BCUT2D eigenvalue weighted by Gasteiger charge is 2.20. The third-order valence-corrected chi connectivity index (χ3v) is 2.26. The van der Waals surface area contributed by atoms with Crippen molar-refractivity contribution in [2.45, 2.75) is 6.92 Å². The Balaban J connectivity index is 2.57. The Hall–Kier alpha value is -1.62. The fraction of sp³-hybridized carbons (Fsp3) is 0.222. The molecular weight excluding hydrogens is 218 g/mol. The van der Waals surface area contributed by atoms with Gasteiger partial charge in [-0.05, 0) is 18.5 Å². The molecule has 0 saturated heterocycles. The summed E-state index contributed by atoms with van der Waals surface area (Å²) in [7, 11) is 0. The van der Waals surface area contributed by atoms with Crippen LogP contribution in [-0.2, 0) is 4.74 Å². The van der Waals surface area contributed by atoms with Gasteiger partial charge >= 0.3 is 5.97 Å². The SMILES string of the molecule is CCOC(=O)c1c[nH]c2[nH+]cnc(Cl)c12. The maximum atomic E-state index is 11.5. The molecule has 15 heavy (non-hydrogen) atoms. The number of aromatic nitrogens is 3. The van der Waals surface area contributed by atoms with Gasteiger partial charge in [0.05, 0.1) is 12.8 Å². The van der Waals surface area contributed by atoms with Crippen LogP contribution >= 0.6 is 11.6 Å². The van der Waals surface area contributed by atoms with Gasteiger partial charge in [0.25, 0.3) is 0 Å².